The molecule has 7 heteroatoms. The molecule has 0 aromatic carbocycles. The van der Waals surface area contributed by atoms with Gasteiger partial charge in [-0.15, -0.1) is 0 Å². The average Bonchev–Trinajstić information content (AvgIpc) is 3.27. The number of nitrogens with zero attached hydrogens (tertiary/aromatic N) is 5. The smallest absolute Gasteiger partial charge is 0.237 e. The molecule has 0 radical (unpaired) electrons. The summed E-state index contributed by atoms with van der Waals surface area (Å²) < 4.78 is 7.77. The lowest BCUT2D eigenvalue weighted by Gasteiger charge is -2.44. The van der Waals surface area contributed by atoms with Gasteiger partial charge in [0.1, 0.15) is 12.7 Å². The number of amides is 1. The SMILES string of the molecule is O=C(CN1CCC[C@@H]1Cn1cncn1)N1CCO[C@H]2CCCC[C@H]21. The van der Waals surface area contributed by atoms with Crippen molar-refractivity contribution >= 4 is 5.91 Å². The number of ether oxygens (including phenoxy) is 1. The maximum absolute atomic E-state index is 13.0. The molecule has 2 saturated heterocycles. The van der Waals surface area contributed by atoms with Crippen molar-refractivity contribution in [3.05, 3.63) is 12.7 Å². The van der Waals surface area contributed by atoms with Gasteiger partial charge in [0.15, 0.2) is 0 Å². The van der Waals surface area contributed by atoms with Gasteiger partial charge < -0.3 is 9.64 Å². The molecule has 1 aliphatic carbocycles. The van der Waals surface area contributed by atoms with Gasteiger partial charge in [-0.05, 0) is 32.2 Å². The highest BCUT2D eigenvalue weighted by atomic mass is 16.5. The van der Waals surface area contributed by atoms with Crippen molar-refractivity contribution in [3.63, 3.8) is 0 Å². The maximum Gasteiger partial charge on any atom is 0.237 e. The van der Waals surface area contributed by atoms with E-state index in [2.05, 4.69) is 19.9 Å². The second-order valence-corrected chi connectivity index (χ2v) is 7.23. The number of carbonyl (C=O) groups is 1. The van der Waals surface area contributed by atoms with E-state index in [1.165, 1.54) is 12.8 Å². The van der Waals surface area contributed by atoms with Crippen molar-refractivity contribution in [1.82, 2.24) is 24.6 Å². The van der Waals surface area contributed by atoms with E-state index in [1.807, 2.05) is 4.68 Å². The monoisotopic (exact) mass is 333 g/mol. The minimum Gasteiger partial charge on any atom is -0.374 e. The zero-order valence-corrected chi connectivity index (χ0v) is 14.2. The van der Waals surface area contributed by atoms with Gasteiger partial charge in [0.2, 0.25) is 5.91 Å². The summed E-state index contributed by atoms with van der Waals surface area (Å²) in [6.07, 6.45) is 10.5. The number of fused-ring (bicyclic) bond motifs is 1. The first-order valence-electron chi connectivity index (χ1n) is 9.29. The van der Waals surface area contributed by atoms with Crippen LogP contribution in [0.5, 0.6) is 0 Å². The van der Waals surface area contributed by atoms with Crippen LogP contribution in [0.15, 0.2) is 12.7 Å². The highest BCUT2D eigenvalue weighted by Crippen LogP contribution is 2.29. The highest BCUT2D eigenvalue weighted by Gasteiger charge is 2.38. The Morgan fingerprint density at radius 1 is 1.17 bits per heavy atom. The number of rotatable bonds is 4. The number of likely N-dealkylation sites (tertiary alicyclic amines) is 1. The predicted octanol–water partition coefficient (Wildman–Crippen LogP) is 0.912. The average molecular weight is 333 g/mol. The van der Waals surface area contributed by atoms with E-state index in [-0.39, 0.29) is 12.0 Å². The van der Waals surface area contributed by atoms with Gasteiger partial charge in [0.05, 0.1) is 31.8 Å². The number of aromatic nitrogens is 3. The van der Waals surface area contributed by atoms with Gasteiger partial charge >= 0.3 is 0 Å². The molecule has 0 bridgehead atoms. The van der Waals surface area contributed by atoms with Gasteiger partial charge in [-0.1, -0.05) is 12.8 Å². The number of hydrogen-bond donors (Lipinski definition) is 0. The fourth-order valence-electron chi connectivity index (χ4n) is 4.52. The molecule has 1 aromatic rings. The summed E-state index contributed by atoms with van der Waals surface area (Å²) in [5, 5.41) is 4.20. The number of hydrogen-bond acceptors (Lipinski definition) is 5. The summed E-state index contributed by atoms with van der Waals surface area (Å²) in [6, 6.07) is 0.690. The van der Waals surface area contributed by atoms with Gasteiger partial charge in [0, 0.05) is 12.6 Å². The van der Waals surface area contributed by atoms with Gasteiger partial charge in [-0.3, -0.25) is 14.4 Å². The highest BCUT2D eigenvalue weighted by molar-refractivity contribution is 5.79. The topological polar surface area (TPSA) is 63.5 Å². The summed E-state index contributed by atoms with van der Waals surface area (Å²) in [5.41, 5.74) is 0. The van der Waals surface area contributed by atoms with E-state index in [4.69, 9.17) is 4.74 Å². The fraction of sp³-hybridized carbons (Fsp3) is 0.824. The summed E-state index contributed by atoms with van der Waals surface area (Å²) in [5.74, 6) is 0.278. The van der Waals surface area contributed by atoms with Gasteiger partial charge in [0.25, 0.3) is 0 Å². The Morgan fingerprint density at radius 2 is 2.08 bits per heavy atom. The molecule has 3 atom stereocenters. The fourth-order valence-corrected chi connectivity index (χ4v) is 4.52. The van der Waals surface area contributed by atoms with Crippen LogP contribution in [0.4, 0.5) is 0 Å². The van der Waals surface area contributed by atoms with E-state index < -0.39 is 0 Å². The standard InChI is InChI=1S/C17H27N5O2/c23-17(22-8-9-24-16-6-2-1-5-15(16)22)11-20-7-3-4-14(20)10-21-13-18-12-19-21/h12-16H,1-11H2/t14-,15-,16+/m1/s1. The van der Waals surface area contributed by atoms with Crippen LogP contribution in [0.1, 0.15) is 38.5 Å². The third-order valence-electron chi connectivity index (χ3n) is 5.75. The lowest BCUT2D eigenvalue weighted by atomic mass is 9.90. The lowest BCUT2D eigenvalue weighted by molar-refractivity contribution is -0.150. The molecule has 0 spiro atoms. The summed E-state index contributed by atoms with van der Waals surface area (Å²) in [4.78, 5) is 21.4. The third-order valence-corrected chi connectivity index (χ3v) is 5.75. The Hall–Kier alpha value is -1.47. The molecule has 4 rings (SSSR count). The minimum atomic E-state index is 0.265. The van der Waals surface area contributed by atoms with Crippen molar-refractivity contribution in [2.45, 2.75) is 63.3 Å². The maximum atomic E-state index is 13.0. The Morgan fingerprint density at radius 3 is 2.96 bits per heavy atom. The second kappa shape index (κ2) is 7.19. The quantitative estimate of drug-likeness (QED) is 0.820. The molecule has 24 heavy (non-hydrogen) atoms. The molecule has 132 valence electrons. The van der Waals surface area contributed by atoms with Crippen LogP contribution in [0.3, 0.4) is 0 Å². The predicted molar refractivity (Wildman–Crippen MR) is 88.3 cm³/mol. The number of carbonyl (C=O) groups excluding carboxylic acids is 1. The van der Waals surface area contributed by atoms with Crippen LogP contribution in [0.25, 0.3) is 0 Å². The zero-order chi connectivity index (χ0) is 16.4. The van der Waals surface area contributed by atoms with E-state index in [0.29, 0.717) is 25.2 Å². The van der Waals surface area contributed by atoms with Crippen molar-refractivity contribution in [3.8, 4) is 0 Å². The van der Waals surface area contributed by atoms with Crippen LogP contribution >= 0.6 is 0 Å². The van der Waals surface area contributed by atoms with E-state index >= 15 is 0 Å². The first-order valence-corrected chi connectivity index (χ1v) is 9.29. The van der Waals surface area contributed by atoms with Crippen molar-refractivity contribution in [2.75, 3.05) is 26.2 Å². The Bertz CT molecular complexity index is 547. The van der Waals surface area contributed by atoms with Crippen LogP contribution in [0, 0.1) is 0 Å². The first kappa shape index (κ1) is 16.0. The zero-order valence-electron chi connectivity index (χ0n) is 14.2. The van der Waals surface area contributed by atoms with Gasteiger partial charge in [-0.2, -0.15) is 5.10 Å². The third kappa shape index (κ3) is 3.32. The second-order valence-electron chi connectivity index (χ2n) is 7.23. The molecule has 3 heterocycles. The van der Waals surface area contributed by atoms with Crippen molar-refractivity contribution < 1.29 is 9.53 Å². The summed E-state index contributed by atoms with van der Waals surface area (Å²) >= 11 is 0. The number of morpholine rings is 1. The molecule has 0 N–H and O–H groups in total. The molecule has 7 nitrogen and oxygen atoms in total. The molecule has 1 aromatic heterocycles. The molecule has 0 unspecified atom stereocenters. The van der Waals surface area contributed by atoms with E-state index in [9.17, 15) is 4.79 Å². The molecule has 2 aliphatic heterocycles. The first-order chi connectivity index (χ1) is 11.8. The Kier molecular flexibility index (Phi) is 4.80. The normalized spacial score (nSPS) is 31.2. The summed E-state index contributed by atoms with van der Waals surface area (Å²) in [6.45, 7) is 3.80. The van der Waals surface area contributed by atoms with E-state index in [0.717, 1.165) is 45.3 Å². The Balaban J connectivity index is 1.37. The molecular formula is C17H27N5O2. The van der Waals surface area contributed by atoms with Crippen LogP contribution in [-0.2, 0) is 16.1 Å². The molecule has 3 aliphatic rings. The van der Waals surface area contributed by atoms with Crippen molar-refractivity contribution in [1.29, 1.82) is 0 Å². The summed E-state index contributed by atoms with van der Waals surface area (Å²) in [7, 11) is 0. The molecule has 1 amide bonds. The molecule has 3 fully saturated rings. The Labute approximate surface area is 143 Å². The molecular weight excluding hydrogens is 306 g/mol. The minimum absolute atomic E-state index is 0.265. The van der Waals surface area contributed by atoms with Crippen LogP contribution in [-0.4, -0.2) is 74.9 Å². The van der Waals surface area contributed by atoms with Crippen molar-refractivity contribution in [2.24, 2.45) is 0 Å². The lowest BCUT2D eigenvalue weighted by Crippen LogP contribution is -2.57. The van der Waals surface area contributed by atoms with Gasteiger partial charge in [-0.25, -0.2) is 4.98 Å². The largest absolute Gasteiger partial charge is 0.374 e. The van der Waals surface area contributed by atoms with Crippen LogP contribution < -0.4 is 0 Å². The van der Waals surface area contributed by atoms with Crippen LogP contribution in [0.2, 0.25) is 0 Å². The van der Waals surface area contributed by atoms with E-state index in [1.54, 1.807) is 12.7 Å². The molecule has 1 saturated carbocycles.